The fraction of sp³-hybridized carbons (Fsp3) is 0.300. The van der Waals surface area contributed by atoms with E-state index in [2.05, 4.69) is 23.9 Å². The Balaban J connectivity index is 2.06. The molecule has 0 aromatic heterocycles. The van der Waals surface area contributed by atoms with Gasteiger partial charge in [0, 0.05) is 5.69 Å². The second kappa shape index (κ2) is 8.72. The van der Waals surface area contributed by atoms with E-state index < -0.39 is 5.97 Å². The van der Waals surface area contributed by atoms with E-state index in [0.29, 0.717) is 11.4 Å². The van der Waals surface area contributed by atoms with Crippen molar-refractivity contribution in [3.8, 4) is 5.75 Å². The largest absolute Gasteiger partial charge is 0.483 e. The van der Waals surface area contributed by atoms with Gasteiger partial charge in [-0.15, -0.1) is 0 Å². The van der Waals surface area contributed by atoms with Gasteiger partial charge in [0.1, 0.15) is 5.75 Å². The molecule has 138 valence electrons. The molecule has 0 atom stereocenters. The number of benzene rings is 2. The minimum Gasteiger partial charge on any atom is -0.483 e. The molecule has 26 heavy (non-hydrogen) atoms. The highest BCUT2D eigenvalue weighted by Gasteiger charge is 2.14. The summed E-state index contributed by atoms with van der Waals surface area (Å²) in [6.45, 7) is 5.97. The van der Waals surface area contributed by atoms with Gasteiger partial charge in [-0.25, -0.2) is 4.79 Å². The standard InChI is InChI=1S/C20H22ClNO4/c1-12(2)15-7-5-13(3)9-18(15)26-11-19(23)22-14-6-8-17(21)16(10-14)20(24)25-4/h5-10,12H,11H2,1-4H3,(H,22,23). The Kier molecular flexibility index (Phi) is 6.64. The molecule has 0 unspecified atom stereocenters. The highest BCUT2D eigenvalue weighted by Crippen LogP contribution is 2.27. The fourth-order valence-corrected chi connectivity index (χ4v) is 2.65. The maximum atomic E-state index is 12.2. The van der Waals surface area contributed by atoms with E-state index in [9.17, 15) is 9.59 Å². The Morgan fingerprint density at radius 3 is 2.54 bits per heavy atom. The summed E-state index contributed by atoms with van der Waals surface area (Å²) in [6.07, 6.45) is 0. The number of amides is 1. The molecule has 6 heteroatoms. The van der Waals surface area contributed by atoms with Crippen LogP contribution in [0.25, 0.3) is 0 Å². The third-order valence-corrected chi connectivity index (χ3v) is 4.13. The van der Waals surface area contributed by atoms with Crippen LogP contribution in [0.1, 0.15) is 41.3 Å². The average molecular weight is 376 g/mol. The smallest absolute Gasteiger partial charge is 0.339 e. The molecule has 1 amide bonds. The first-order valence-corrected chi connectivity index (χ1v) is 8.60. The van der Waals surface area contributed by atoms with E-state index in [1.807, 2.05) is 25.1 Å². The lowest BCUT2D eigenvalue weighted by atomic mass is 10.0. The summed E-state index contributed by atoms with van der Waals surface area (Å²) in [7, 11) is 1.27. The van der Waals surface area contributed by atoms with Gasteiger partial charge in [0.05, 0.1) is 17.7 Å². The zero-order valence-corrected chi connectivity index (χ0v) is 16.0. The Bertz CT molecular complexity index is 817. The number of carbonyl (C=O) groups is 2. The van der Waals surface area contributed by atoms with Gasteiger partial charge in [0.15, 0.2) is 6.61 Å². The van der Waals surface area contributed by atoms with E-state index in [4.69, 9.17) is 16.3 Å². The SMILES string of the molecule is COC(=O)c1cc(NC(=O)COc2cc(C)ccc2C(C)C)ccc1Cl. The van der Waals surface area contributed by atoms with Gasteiger partial charge >= 0.3 is 5.97 Å². The maximum Gasteiger partial charge on any atom is 0.339 e. The molecular weight excluding hydrogens is 354 g/mol. The molecule has 0 aliphatic rings. The molecule has 0 aliphatic carbocycles. The number of carbonyl (C=O) groups excluding carboxylic acids is 2. The topological polar surface area (TPSA) is 64.6 Å². The van der Waals surface area contributed by atoms with Gasteiger partial charge in [0.25, 0.3) is 5.91 Å². The van der Waals surface area contributed by atoms with Gasteiger partial charge in [-0.3, -0.25) is 4.79 Å². The zero-order valence-electron chi connectivity index (χ0n) is 15.3. The third-order valence-electron chi connectivity index (χ3n) is 3.81. The summed E-state index contributed by atoms with van der Waals surface area (Å²) >= 11 is 5.97. The molecule has 1 N–H and O–H groups in total. The highest BCUT2D eigenvalue weighted by atomic mass is 35.5. The van der Waals surface area contributed by atoms with E-state index in [0.717, 1.165) is 11.1 Å². The number of methoxy groups -OCH3 is 1. The predicted octanol–water partition coefficient (Wildman–Crippen LogP) is 4.58. The summed E-state index contributed by atoms with van der Waals surface area (Å²) in [6, 6.07) is 10.6. The van der Waals surface area contributed by atoms with Crippen molar-refractivity contribution in [2.45, 2.75) is 26.7 Å². The summed E-state index contributed by atoms with van der Waals surface area (Å²) < 4.78 is 10.4. The molecule has 0 heterocycles. The predicted molar refractivity (Wildman–Crippen MR) is 102 cm³/mol. The van der Waals surface area contributed by atoms with E-state index in [1.54, 1.807) is 6.07 Å². The van der Waals surface area contributed by atoms with Crippen LogP contribution in [0.4, 0.5) is 5.69 Å². The summed E-state index contributed by atoms with van der Waals surface area (Å²) in [5.74, 6) is 0.0806. The quantitative estimate of drug-likeness (QED) is 0.751. The first-order valence-electron chi connectivity index (χ1n) is 8.23. The van der Waals surface area contributed by atoms with Crippen LogP contribution in [0.3, 0.4) is 0 Å². The Morgan fingerprint density at radius 1 is 1.15 bits per heavy atom. The van der Waals surface area contributed by atoms with Crippen molar-refractivity contribution >= 4 is 29.2 Å². The Labute approximate surface area is 158 Å². The number of aryl methyl sites for hydroxylation is 1. The molecule has 0 spiro atoms. The Hall–Kier alpha value is -2.53. The van der Waals surface area contributed by atoms with E-state index >= 15 is 0 Å². The number of ether oxygens (including phenoxy) is 2. The first-order chi connectivity index (χ1) is 12.3. The molecular formula is C20H22ClNO4. The molecule has 2 aromatic carbocycles. The molecule has 5 nitrogen and oxygen atoms in total. The van der Waals surface area contributed by atoms with Crippen molar-refractivity contribution in [1.82, 2.24) is 0 Å². The minimum atomic E-state index is -0.566. The van der Waals surface area contributed by atoms with Crippen LogP contribution in [-0.4, -0.2) is 25.6 Å². The number of hydrogen-bond acceptors (Lipinski definition) is 4. The minimum absolute atomic E-state index is 0.140. The molecule has 0 fully saturated rings. The Morgan fingerprint density at radius 2 is 1.88 bits per heavy atom. The van der Waals surface area contributed by atoms with Crippen LogP contribution in [0.2, 0.25) is 5.02 Å². The second-order valence-electron chi connectivity index (χ2n) is 6.22. The lowest BCUT2D eigenvalue weighted by Gasteiger charge is -2.15. The van der Waals surface area contributed by atoms with Crippen molar-refractivity contribution in [3.63, 3.8) is 0 Å². The lowest BCUT2D eigenvalue weighted by molar-refractivity contribution is -0.118. The number of esters is 1. The van der Waals surface area contributed by atoms with Crippen molar-refractivity contribution in [2.24, 2.45) is 0 Å². The molecule has 0 saturated carbocycles. The second-order valence-corrected chi connectivity index (χ2v) is 6.63. The maximum absolute atomic E-state index is 12.2. The van der Waals surface area contributed by atoms with Gasteiger partial charge in [0.2, 0.25) is 0 Å². The summed E-state index contributed by atoms with van der Waals surface area (Å²) in [5, 5.41) is 2.95. The van der Waals surface area contributed by atoms with Crippen LogP contribution >= 0.6 is 11.6 Å². The summed E-state index contributed by atoms with van der Waals surface area (Å²) in [5.41, 5.74) is 2.73. The van der Waals surface area contributed by atoms with Gasteiger partial charge in [-0.05, 0) is 48.2 Å². The molecule has 0 aliphatic heterocycles. The van der Waals surface area contributed by atoms with Crippen LogP contribution < -0.4 is 10.1 Å². The number of anilines is 1. The van der Waals surface area contributed by atoms with Gasteiger partial charge in [-0.1, -0.05) is 37.6 Å². The first kappa shape index (κ1) is 19.8. The van der Waals surface area contributed by atoms with Crippen molar-refractivity contribution < 1.29 is 19.1 Å². The van der Waals surface area contributed by atoms with Crippen molar-refractivity contribution in [1.29, 1.82) is 0 Å². The fourth-order valence-electron chi connectivity index (χ4n) is 2.45. The molecule has 0 saturated heterocycles. The van der Waals surface area contributed by atoms with Crippen LogP contribution in [0.5, 0.6) is 5.75 Å². The van der Waals surface area contributed by atoms with Crippen LogP contribution in [-0.2, 0) is 9.53 Å². The molecule has 0 bridgehead atoms. The van der Waals surface area contributed by atoms with Crippen LogP contribution in [0, 0.1) is 6.92 Å². The molecule has 2 rings (SSSR count). The highest BCUT2D eigenvalue weighted by molar-refractivity contribution is 6.33. The van der Waals surface area contributed by atoms with Crippen LogP contribution in [0.15, 0.2) is 36.4 Å². The average Bonchev–Trinajstić information content (AvgIpc) is 2.60. The molecule has 2 aromatic rings. The lowest BCUT2D eigenvalue weighted by Crippen LogP contribution is -2.21. The molecule has 0 radical (unpaired) electrons. The van der Waals surface area contributed by atoms with Crippen molar-refractivity contribution in [3.05, 3.63) is 58.1 Å². The zero-order chi connectivity index (χ0) is 19.3. The number of nitrogens with one attached hydrogen (secondary N) is 1. The van der Waals surface area contributed by atoms with Gasteiger partial charge in [-0.2, -0.15) is 0 Å². The van der Waals surface area contributed by atoms with E-state index in [-0.39, 0.29) is 29.0 Å². The van der Waals surface area contributed by atoms with Crippen molar-refractivity contribution in [2.75, 3.05) is 19.0 Å². The third kappa shape index (κ3) is 4.99. The van der Waals surface area contributed by atoms with E-state index in [1.165, 1.54) is 19.2 Å². The summed E-state index contributed by atoms with van der Waals surface area (Å²) in [4.78, 5) is 23.9. The number of hydrogen-bond donors (Lipinski definition) is 1. The normalized spacial score (nSPS) is 10.5. The monoisotopic (exact) mass is 375 g/mol. The number of halogens is 1. The van der Waals surface area contributed by atoms with Gasteiger partial charge < -0.3 is 14.8 Å². The number of rotatable bonds is 6.